The molecule has 0 aromatic heterocycles. The largest absolute Gasteiger partial charge is 0.0979 e. The Labute approximate surface area is 210 Å². The van der Waals surface area contributed by atoms with E-state index in [-0.39, 0.29) is 5.41 Å². The van der Waals surface area contributed by atoms with Crippen molar-refractivity contribution in [1.29, 1.82) is 0 Å². The van der Waals surface area contributed by atoms with Crippen LogP contribution in [0.5, 0.6) is 0 Å². The van der Waals surface area contributed by atoms with Crippen LogP contribution in [0, 0.1) is 0 Å². The highest BCUT2D eigenvalue weighted by Crippen LogP contribution is 2.63. The van der Waals surface area contributed by atoms with Crippen molar-refractivity contribution >= 4 is 69.3 Å². The van der Waals surface area contributed by atoms with Gasteiger partial charge in [0.2, 0.25) is 0 Å². The number of halogens is 4. The van der Waals surface area contributed by atoms with Gasteiger partial charge in [0.05, 0.1) is 5.41 Å². The summed E-state index contributed by atoms with van der Waals surface area (Å²) < 4.78 is 4.23. The van der Waals surface area contributed by atoms with E-state index in [1.165, 1.54) is 44.5 Å². The molecule has 0 saturated carbocycles. The highest BCUT2D eigenvalue weighted by atomic mass is 79.9. The Hall–Kier alpha value is -1.20. The zero-order valence-electron chi connectivity index (χ0n) is 16.1. The van der Waals surface area contributed by atoms with Crippen molar-refractivity contribution in [3.8, 4) is 11.1 Å². The first-order chi connectivity index (χ1) is 14.4. The fraction of sp³-hybridized carbons (Fsp3) is 0.0769. The van der Waals surface area contributed by atoms with Crippen molar-refractivity contribution < 1.29 is 0 Å². The molecule has 4 heteroatoms. The molecule has 0 atom stereocenters. The molecular weight excluding hydrogens is 632 g/mol. The van der Waals surface area contributed by atoms with Gasteiger partial charge in [-0.05, 0) is 93.9 Å². The van der Waals surface area contributed by atoms with Gasteiger partial charge in [0.15, 0.2) is 0 Å². The number of benzene rings is 3. The highest BCUT2D eigenvalue weighted by molar-refractivity contribution is 9.12. The van der Waals surface area contributed by atoms with Crippen LogP contribution >= 0.6 is 63.7 Å². The Morgan fingerprint density at radius 2 is 1.20 bits per heavy atom. The fourth-order valence-electron chi connectivity index (χ4n) is 4.99. The van der Waals surface area contributed by atoms with Crippen LogP contribution in [0.25, 0.3) is 16.7 Å². The minimum absolute atomic E-state index is 0.385. The molecule has 0 unspecified atom stereocenters. The van der Waals surface area contributed by atoms with Gasteiger partial charge < -0.3 is 0 Å². The van der Waals surface area contributed by atoms with Gasteiger partial charge in [0.1, 0.15) is 0 Å². The van der Waals surface area contributed by atoms with Gasteiger partial charge >= 0.3 is 0 Å². The zero-order chi connectivity index (χ0) is 21.2. The predicted octanol–water partition coefficient (Wildman–Crippen LogP) is 9.54. The van der Waals surface area contributed by atoms with Crippen LogP contribution < -0.4 is 0 Å². The first-order valence-corrected chi connectivity index (χ1v) is 12.7. The molecule has 0 aliphatic heterocycles. The normalized spacial score (nSPS) is 16.0. The quantitative estimate of drug-likeness (QED) is 0.243. The molecule has 0 heterocycles. The van der Waals surface area contributed by atoms with Gasteiger partial charge in [-0.25, -0.2) is 0 Å². The molecule has 0 nitrogen and oxygen atoms in total. The summed E-state index contributed by atoms with van der Waals surface area (Å²) in [6, 6.07) is 19.9. The van der Waals surface area contributed by atoms with Crippen LogP contribution in [-0.4, -0.2) is 0 Å². The maximum absolute atomic E-state index is 3.96. The molecular formula is C26H16Br4. The third-order valence-electron chi connectivity index (χ3n) is 6.14. The smallest absolute Gasteiger partial charge is 0.0723 e. The predicted molar refractivity (Wildman–Crippen MR) is 141 cm³/mol. The van der Waals surface area contributed by atoms with Crippen molar-refractivity contribution in [2.75, 3.05) is 0 Å². The lowest BCUT2D eigenvalue weighted by atomic mass is 9.69. The molecule has 2 aliphatic carbocycles. The Morgan fingerprint density at radius 1 is 0.767 bits per heavy atom. The van der Waals surface area contributed by atoms with Gasteiger partial charge in [-0.3, -0.25) is 0 Å². The van der Waals surface area contributed by atoms with Gasteiger partial charge in [0, 0.05) is 17.9 Å². The number of allylic oxidation sites excluding steroid dienone is 5. The summed E-state index contributed by atoms with van der Waals surface area (Å²) in [5.41, 5.74) is 9.93. The van der Waals surface area contributed by atoms with E-state index in [0.717, 1.165) is 17.9 Å². The van der Waals surface area contributed by atoms with Crippen LogP contribution in [0.15, 0.2) is 96.8 Å². The van der Waals surface area contributed by atoms with Crippen LogP contribution in [0.2, 0.25) is 0 Å². The summed E-state index contributed by atoms with van der Waals surface area (Å²) in [5, 5.41) is 0. The molecule has 0 saturated heterocycles. The summed E-state index contributed by atoms with van der Waals surface area (Å²) in [7, 11) is 0. The van der Waals surface area contributed by atoms with E-state index in [4.69, 9.17) is 0 Å². The van der Waals surface area contributed by atoms with Crippen molar-refractivity contribution in [1.82, 2.24) is 0 Å². The third-order valence-corrected chi connectivity index (χ3v) is 8.17. The summed E-state index contributed by atoms with van der Waals surface area (Å²) in [4.78, 5) is 0. The Bertz CT molecular complexity index is 1260. The standard InChI is InChI=1S/C26H16Br4/c1-3-15(27)10-22-14(2)19-7-4-16(28)11-23(19)26(22)24-12-17(29)5-8-20(24)21-9-6-18(30)13-25(21)26/h3-13H,1H2,2H3/b15-10+. The van der Waals surface area contributed by atoms with Crippen LogP contribution in [0.3, 0.4) is 0 Å². The lowest BCUT2D eigenvalue weighted by Crippen LogP contribution is -2.27. The van der Waals surface area contributed by atoms with Crippen molar-refractivity contribution in [2.45, 2.75) is 12.3 Å². The maximum Gasteiger partial charge on any atom is 0.0723 e. The van der Waals surface area contributed by atoms with Gasteiger partial charge in [0.25, 0.3) is 0 Å². The van der Waals surface area contributed by atoms with E-state index in [1.54, 1.807) is 0 Å². The third kappa shape index (κ3) is 2.80. The molecule has 148 valence electrons. The molecule has 0 radical (unpaired) electrons. The van der Waals surface area contributed by atoms with Crippen molar-refractivity contribution in [3.05, 3.63) is 119 Å². The Kier molecular flexibility index (Phi) is 5.13. The number of hydrogen-bond acceptors (Lipinski definition) is 0. The number of hydrogen-bond donors (Lipinski definition) is 0. The second-order valence-corrected chi connectivity index (χ2v) is 11.3. The highest BCUT2D eigenvalue weighted by Gasteiger charge is 2.51. The lowest BCUT2D eigenvalue weighted by molar-refractivity contribution is 0.783. The van der Waals surface area contributed by atoms with E-state index in [0.29, 0.717) is 0 Å². The summed E-state index contributed by atoms with van der Waals surface area (Å²) in [5.74, 6) is 0. The van der Waals surface area contributed by atoms with E-state index in [2.05, 4.69) is 138 Å². The molecule has 0 bridgehead atoms. The van der Waals surface area contributed by atoms with Crippen LogP contribution in [0.1, 0.15) is 29.2 Å². The fourth-order valence-corrected chi connectivity index (χ4v) is 6.30. The van der Waals surface area contributed by atoms with E-state index in [9.17, 15) is 0 Å². The van der Waals surface area contributed by atoms with Gasteiger partial charge in [-0.2, -0.15) is 0 Å². The van der Waals surface area contributed by atoms with Gasteiger partial charge in [-0.1, -0.05) is 94.6 Å². The molecule has 3 aromatic rings. The summed E-state index contributed by atoms with van der Waals surface area (Å²) in [6.07, 6.45) is 4.09. The first-order valence-electron chi connectivity index (χ1n) is 9.49. The molecule has 0 N–H and O–H groups in total. The van der Waals surface area contributed by atoms with Crippen molar-refractivity contribution in [2.24, 2.45) is 0 Å². The molecule has 30 heavy (non-hydrogen) atoms. The molecule has 3 aromatic carbocycles. The average molecular weight is 648 g/mol. The second-order valence-electron chi connectivity index (χ2n) is 7.59. The first kappa shape index (κ1) is 20.7. The van der Waals surface area contributed by atoms with E-state index < -0.39 is 0 Å². The minimum atomic E-state index is -0.385. The average Bonchev–Trinajstić information content (AvgIpc) is 3.13. The summed E-state index contributed by atoms with van der Waals surface area (Å²) in [6.45, 7) is 6.19. The monoisotopic (exact) mass is 644 g/mol. The van der Waals surface area contributed by atoms with E-state index >= 15 is 0 Å². The molecule has 5 rings (SSSR count). The van der Waals surface area contributed by atoms with Gasteiger partial charge in [-0.15, -0.1) is 0 Å². The van der Waals surface area contributed by atoms with Crippen LogP contribution in [0.4, 0.5) is 0 Å². The summed E-state index contributed by atoms with van der Waals surface area (Å²) >= 11 is 14.9. The second kappa shape index (κ2) is 7.44. The molecule has 2 aliphatic rings. The minimum Gasteiger partial charge on any atom is -0.0979 e. The Morgan fingerprint density at radius 3 is 1.67 bits per heavy atom. The molecule has 1 spiro atoms. The molecule has 0 amide bonds. The van der Waals surface area contributed by atoms with Crippen LogP contribution in [-0.2, 0) is 5.41 Å². The number of rotatable bonds is 2. The van der Waals surface area contributed by atoms with E-state index in [1.807, 2.05) is 6.08 Å². The Balaban J connectivity index is 2.02. The number of fused-ring (bicyclic) bond motifs is 7. The maximum atomic E-state index is 3.96. The zero-order valence-corrected chi connectivity index (χ0v) is 22.4. The lowest BCUT2D eigenvalue weighted by Gasteiger charge is -2.32. The SMILES string of the molecule is C=C/C(Br)=C\C1=C(C)c2ccc(Br)cc2C12c1cc(Br)ccc1-c1ccc(Br)cc12. The topological polar surface area (TPSA) is 0 Å². The van der Waals surface area contributed by atoms with Crippen molar-refractivity contribution in [3.63, 3.8) is 0 Å². The molecule has 0 fully saturated rings.